The highest BCUT2D eigenvalue weighted by molar-refractivity contribution is 9.10. The van der Waals surface area contributed by atoms with Crippen molar-refractivity contribution in [3.8, 4) is 0 Å². The standard InChI is InChI=1S/C13H15BrN4S/c14-10-8-9(15)5-6-11(10)19-13-17-16-12-4-2-1-3-7-18(12)13/h5-6,8H,1-4,7,15H2. The molecular formula is C13H15BrN4S. The van der Waals surface area contributed by atoms with Crippen molar-refractivity contribution in [3.63, 3.8) is 0 Å². The normalized spacial score (nSPS) is 15.0. The molecule has 2 N–H and O–H groups in total. The second-order valence-electron chi connectivity index (χ2n) is 4.65. The Kier molecular flexibility index (Phi) is 3.79. The van der Waals surface area contributed by atoms with Crippen LogP contribution >= 0.6 is 27.7 Å². The molecule has 0 aliphatic carbocycles. The molecule has 0 saturated carbocycles. The van der Waals surface area contributed by atoms with Crippen LogP contribution in [0.2, 0.25) is 0 Å². The van der Waals surface area contributed by atoms with E-state index in [0.717, 1.165) is 39.0 Å². The van der Waals surface area contributed by atoms with E-state index in [9.17, 15) is 0 Å². The van der Waals surface area contributed by atoms with Gasteiger partial charge in [0.15, 0.2) is 5.16 Å². The highest BCUT2D eigenvalue weighted by Crippen LogP contribution is 2.34. The third kappa shape index (κ3) is 2.79. The van der Waals surface area contributed by atoms with Gasteiger partial charge in [0.25, 0.3) is 0 Å². The second kappa shape index (κ2) is 5.54. The van der Waals surface area contributed by atoms with Crippen molar-refractivity contribution in [2.45, 2.75) is 42.3 Å². The number of nitrogens with zero attached hydrogens (tertiary/aromatic N) is 3. The Morgan fingerprint density at radius 3 is 2.95 bits per heavy atom. The van der Waals surface area contributed by atoms with Crippen molar-refractivity contribution in [1.29, 1.82) is 0 Å². The van der Waals surface area contributed by atoms with Crippen LogP contribution in [0, 0.1) is 0 Å². The van der Waals surface area contributed by atoms with Crippen LogP contribution < -0.4 is 5.73 Å². The van der Waals surface area contributed by atoms with Gasteiger partial charge in [0.05, 0.1) is 0 Å². The molecule has 0 spiro atoms. The number of nitrogens with two attached hydrogens (primary N) is 1. The van der Waals surface area contributed by atoms with E-state index in [2.05, 4.69) is 30.7 Å². The monoisotopic (exact) mass is 338 g/mol. The molecule has 0 unspecified atom stereocenters. The number of rotatable bonds is 2. The lowest BCUT2D eigenvalue weighted by Gasteiger charge is -2.07. The Morgan fingerprint density at radius 2 is 2.11 bits per heavy atom. The number of benzene rings is 1. The summed E-state index contributed by atoms with van der Waals surface area (Å²) in [4.78, 5) is 1.12. The third-order valence-electron chi connectivity index (χ3n) is 3.23. The van der Waals surface area contributed by atoms with Gasteiger partial charge in [-0.15, -0.1) is 10.2 Å². The van der Waals surface area contributed by atoms with Crippen LogP contribution in [0.3, 0.4) is 0 Å². The summed E-state index contributed by atoms with van der Waals surface area (Å²) in [6.45, 7) is 1.03. The van der Waals surface area contributed by atoms with Crippen LogP contribution in [0.4, 0.5) is 5.69 Å². The van der Waals surface area contributed by atoms with E-state index in [4.69, 9.17) is 5.73 Å². The molecule has 0 atom stereocenters. The Balaban J connectivity index is 1.89. The van der Waals surface area contributed by atoms with Crippen molar-refractivity contribution in [2.24, 2.45) is 0 Å². The highest BCUT2D eigenvalue weighted by Gasteiger charge is 2.16. The van der Waals surface area contributed by atoms with Gasteiger partial charge in [0.2, 0.25) is 0 Å². The fourth-order valence-electron chi connectivity index (χ4n) is 2.23. The van der Waals surface area contributed by atoms with Gasteiger partial charge in [0.1, 0.15) is 5.82 Å². The van der Waals surface area contributed by atoms with E-state index in [1.807, 2.05) is 18.2 Å². The summed E-state index contributed by atoms with van der Waals surface area (Å²) >= 11 is 5.19. The minimum atomic E-state index is 0.760. The van der Waals surface area contributed by atoms with Gasteiger partial charge >= 0.3 is 0 Å². The Bertz CT molecular complexity index is 596. The number of halogens is 1. The predicted octanol–water partition coefficient (Wildman–Crippen LogP) is 3.50. The number of fused-ring (bicyclic) bond motifs is 1. The van der Waals surface area contributed by atoms with Gasteiger partial charge in [0, 0.05) is 28.0 Å². The summed E-state index contributed by atoms with van der Waals surface area (Å²) in [5, 5.41) is 9.61. The quantitative estimate of drug-likeness (QED) is 0.851. The van der Waals surface area contributed by atoms with Crippen LogP contribution in [0.1, 0.15) is 25.1 Å². The maximum Gasteiger partial charge on any atom is 0.196 e. The molecule has 0 radical (unpaired) electrons. The molecule has 2 aromatic rings. The molecule has 0 bridgehead atoms. The van der Waals surface area contributed by atoms with Crippen molar-refractivity contribution >= 4 is 33.4 Å². The first-order chi connectivity index (χ1) is 9.24. The first-order valence-electron chi connectivity index (χ1n) is 6.39. The molecule has 0 amide bonds. The predicted molar refractivity (Wildman–Crippen MR) is 80.3 cm³/mol. The van der Waals surface area contributed by atoms with E-state index >= 15 is 0 Å². The lowest BCUT2D eigenvalue weighted by Crippen LogP contribution is -2.02. The Hall–Kier alpha value is -1.01. The SMILES string of the molecule is Nc1ccc(Sc2nnc3n2CCCCC3)c(Br)c1. The summed E-state index contributed by atoms with van der Waals surface area (Å²) in [6, 6.07) is 5.84. The number of hydrogen-bond donors (Lipinski definition) is 1. The second-order valence-corrected chi connectivity index (χ2v) is 6.52. The largest absolute Gasteiger partial charge is 0.399 e. The molecule has 4 nitrogen and oxygen atoms in total. The fraction of sp³-hybridized carbons (Fsp3) is 0.385. The van der Waals surface area contributed by atoms with Crippen LogP contribution in [0.5, 0.6) is 0 Å². The zero-order chi connectivity index (χ0) is 13.2. The minimum absolute atomic E-state index is 0.760. The van der Waals surface area contributed by atoms with Gasteiger partial charge in [-0.25, -0.2) is 0 Å². The zero-order valence-electron chi connectivity index (χ0n) is 10.5. The van der Waals surface area contributed by atoms with Crippen LogP contribution in [0.15, 0.2) is 32.7 Å². The maximum absolute atomic E-state index is 5.76. The molecule has 0 saturated heterocycles. The number of hydrogen-bond acceptors (Lipinski definition) is 4. The van der Waals surface area contributed by atoms with E-state index in [-0.39, 0.29) is 0 Å². The lowest BCUT2D eigenvalue weighted by atomic mass is 10.2. The van der Waals surface area contributed by atoms with Crippen LogP contribution in [-0.4, -0.2) is 14.8 Å². The van der Waals surface area contributed by atoms with Gasteiger partial charge in [-0.2, -0.15) is 0 Å². The number of aryl methyl sites for hydroxylation is 1. The first kappa shape index (κ1) is 13.0. The molecule has 100 valence electrons. The van der Waals surface area contributed by atoms with Crippen LogP contribution in [0.25, 0.3) is 0 Å². The summed E-state index contributed by atoms with van der Waals surface area (Å²) in [7, 11) is 0. The van der Waals surface area contributed by atoms with E-state index < -0.39 is 0 Å². The summed E-state index contributed by atoms with van der Waals surface area (Å²) in [5.74, 6) is 1.12. The lowest BCUT2D eigenvalue weighted by molar-refractivity contribution is 0.591. The topological polar surface area (TPSA) is 56.7 Å². The van der Waals surface area contributed by atoms with E-state index in [1.165, 1.54) is 19.3 Å². The van der Waals surface area contributed by atoms with Crippen molar-refractivity contribution in [3.05, 3.63) is 28.5 Å². The third-order valence-corrected chi connectivity index (χ3v) is 5.21. The molecule has 1 aromatic heterocycles. The first-order valence-corrected chi connectivity index (χ1v) is 8.00. The maximum atomic E-state index is 5.76. The summed E-state index contributed by atoms with van der Waals surface area (Å²) in [5.41, 5.74) is 6.52. The highest BCUT2D eigenvalue weighted by atomic mass is 79.9. The molecule has 6 heteroatoms. The average molecular weight is 339 g/mol. The summed E-state index contributed by atoms with van der Waals surface area (Å²) in [6.07, 6.45) is 4.74. The molecule has 1 aliphatic rings. The fourth-order valence-corrected chi connectivity index (χ4v) is 3.75. The smallest absolute Gasteiger partial charge is 0.196 e. The van der Waals surface area contributed by atoms with Gasteiger partial charge in [-0.1, -0.05) is 6.42 Å². The Labute approximate surface area is 124 Å². The average Bonchev–Trinajstić information content (AvgIpc) is 2.61. The molecule has 3 rings (SSSR count). The van der Waals surface area contributed by atoms with Crippen molar-refractivity contribution in [2.75, 3.05) is 5.73 Å². The molecule has 19 heavy (non-hydrogen) atoms. The zero-order valence-corrected chi connectivity index (χ0v) is 12.9. The number of nitrogen functional groups attached to an aromatic ring is 1. The molecule has 0 fully saturated rings. The minimum Gasteiger partial charge on any atom is -0.399 e. The van der Waals surface area contributed by atoms with Gasteiger partial charge in [-0.3, -0.25) is 0 Å². The molecule has 1 aromatic carbocycles. The molecule has 2 heterocycles. The van der Waals surface area contributed by atoms with Crippen molar-refractivity contribution < 1.29 is 0 Å². The van der Waals surface area contributed by atoms with Crippen molar-refractivity contribution in [1.82, 2.24) is 14.8 Å². The summed E-state index contributed by atoms with van der Waals surface area (Å²) < 4.78 is 3.25. The van der Waals surface area contributed by atoms with E-state index in [1.54, 1.807) is 11.8 Å². The van der Waals surface area contributed by atoms with Crippen LogP contribution in [-0.2, 0) is 13.0 Å². The molecule has 1 aliphatic heterocycles. The molecular weight excluding hydrogens is 324 g/mol. The van der Waals surface area contributed by atoms with E-state index in [0.29, 0.717) is 0 Å². The van der Waals surface area contributed by atoms with Gasteiger partial charge < -0.3 is 10.3 Å². The Morgan fingerprint density at radius 1 is 1.21 bits per heavy atom. The number of aromatic nitrogens is 3. The van der Waals surface area contributed by atoms with Gasteiger partial charge in [-0.05, 0) is 58.7 Å². The number of anilines is 1.